The Hall–Kier alpha value is -2.15. The Kier molecular flexibility index (Phi) is 5.76. The van der Waals surface area contributed by atoms with Gasteiger partial charge in [-0.1, -0.05) is 6.42 Å². The minimum Gasteiger partial charge on any atom is -0.454 e. The van der Waals surface area contributed by atoms with Crippen molar-refractivity contribution in [3.8, 4) is 0 Å². The van der Waals surface area contributed by atoms with Crippen molar-refractivity contribution in [2.24, 2.45) is 0 Å². The Morgan fingerprint density at radius 1 is 1.23 bits per heavy atom. The molecule has 2 aromatic rings. The molecule has 0 N–H and O–H groups in total. The van der Waals surface area contributed by atoms with Crippen LogP contribution in [0.4, 0.5) is 0 Å². The summed E-state index contributed by atoms with van der Waals surface area (Å²) < 4.78 is 7.87. The molecular formula is C19H29N5O2. The van der Waals surface area contributed by atoms with Crippen molar-refractivity contribution in [1.29, 1.82) is 0 Å². The van der Waals surface area contributed by atoms with Gasteiger partial charge in [-0.15, -0.1) is 10.2 Å². The van der Waals surface area contributed by atoms with Crippen molar-refractivity contribution < 1.29 is 9.21 Å². The molecule has 0 aromatic carbocycles. The molecule has 2 aromatic heterocycles. The van der Waals surface area contributed by atoms with Crippen LogP contribution in [0.25, 0.3) is 0 Å². The van der Waals surface area contributed by atoms with Crippen molar-refractivity contribution in [3.05, 3.63) is 35.8 Å². The van der Waals surface area contributed by atoms with Crippen LogP contribution < -0.4 is 0 Å². The van der Waals surface area contributed by atoms with Crippen LogP contribution in [0.2, 0.25) is 0 Å². The number of hydrogen-bond acceptors (Lipinski definition) is 5. The van der Waals surface area contributed by atoms with Crippen molar-refractivity contribution in [2.75, 3.05) is 20.1 Å². The van der Waals surface area contributed by atoms with Crippen LogP contribution >= 0.6 is 0 Å². The van der Waals surface area contributed by atoms with E-state index >= 15 is 0 Å². The fourth-order valence-electron chi connectivity index (χ4n) is 3.46. The van der Waals surface area contributed by atoms with E-state index in [-0.39, 0.29) is 18.0 Å². The molecule has 1 aliphatic rings. The van der Waals surface area contributed by atoms with E-state index in [0.717, 1.165) is 24.7 Å². The second-order valence-corrected chi connectivity index (χ2v) is 7.38. The summed E-state index contributed by atoms with van der Waals surface area (Å²) in [5.41, 5.74) is 0. The summed E-state index contributed by atoms with van der Waals surface area (Å²) in [6.45, 7) is 8.86. The third-order valence-electron chi connectivity index (χ3n) is 5.12. The van der Waals surface area contributed by atoms with Crippen LogP contribution in [-0.4, -0.2) is 50.6 Å². The minimum absolute atomic E-state index is 0.139. The topological polar surface area (TPSA) is 67.4 Å². The van der Waals surface area contributed by atoms with Crippen LogP contribution in [0.15, 0.2) is 22.9 Å². The average molecular weight is 359 g/mol. The normalized spacial score (nSPS) is 16.8. The number of carbonyl (C=O) groups excluding carboxylic acids is 1. The number of amides is 1. The first-order chi connectivity index (χ1) is 12.5. The van der Waals surface area contributed by atoms with E-state index in [0.29, 0.717) is 12.3 Å². The van der Waals surface area contributed by atoms with Crippen molar-refractivity contribution >= 4 is 5.91 Å². The monoisotopic (exact) mass is 359 g/mol. The van der Waals surface area contributed by atoms with Gasteiger partial charge in [0.25, 0.3) is 5.91 Å². The van der Waals surface area contributed by atoms with Gasteiger partial charge in [0.15, 0.2) is 11.6 Å². The van der Waals surface area contributed by atoms with Crippen molar-refractivity contribution in [1.82, 2.24) is 24.6 Å². The van der Waals surface area contributed by atoms with Crippen LogP contribution in [0.1, 0.15) is 74.3 Å². The van der Waals surface area contributed by atoms with E-state index in [1.165, 1.54) is 19.3 Å². The molecule has 3 heterocycles. The summed E-state index contributed by atoms with van der Waals surface area (Å²) in [6.07, 6.45) is 5.47. The molecule has 1 fully saturated rings. The summed E-state index contributed by atoms with van der Waals surface area (Å²) in [7, 11) is 1.76. The van der Waals surface area contributed by atoms with Crippen molar-refractivity contribution in [3.63, 3.8) is 0 Å². The Morgan fingerprint density at radius 2 is 1.96 bits per heavy atom. The highest BCUT2D eigenvalue weighted by atomic mass is 16.4. The molecule has 0 spiro atoms. The maximum absolute atomic E-state index is 12.7. The highest BCUT2D eigenvalue weighted by Gasteiger charge is 2.24. The first kappa shape index (κ1) is 18.6. The molecule has 142 valence electrons. The molecule has 3 rings (SSSR count). The molecule has 1 atom stereocenters. The summed E-state index contributed by atoms with van der Waals surface area (Å²) in [4.78, 5) is 16.8. The zero-order chi connectivity index (χ0) is 18.7. The first-order valence-corrected chi connectivity index (χ1v) is 9.45. The summed E-state index contributed by atoms with van der Waals surface area (Å²) in [6, 6.07) is 4.16. The predicted octanol–water partition coefficient (Wildman–Crippen LogP) is 3.27. The second-order valence-electron chi connectivity index (χ2n) is 7.38. The molecule has 7 heteroatoms. The van der Waals surface area contributed by atoms with E-state index in [4.69, 9.17) is 4.42 Å². The van der Waals surface area contributed by atoms with E-state index in [1.54, 1.807) is 24.3 Å². The van der Waals surface area contributed by atoms with E-state index < -0.39 is 0 Å². The zero-order valence-corrected chi connectivity index (χ0v) is 16.2. The third kappa shape index (κ3) is 3.98. The lowest BCUT2D eigenvalue weighted by atomic mass is 10.1. The van der Waals surface area contributed by atoms with Gasteiger partial charge >= 0.3 is 0 Å². The van der Waals surface area contributed by atoms with Gasteiger partial charge in [0.05, 0.1) is 12.6 Å². The van der Waals surface area contributed by atoms with Gasteiger partial charge in [-0.05, 0) is 58.8 Å². The number of nitrogens with zero attached hydrogens (tertiary/aromatic N) is 5. The number of furan rings is 1. The van der Waals surface area contributed by atoms with Gasteiger partial charge in [0, 0.05) is 13.1 Å². The zero-order valence-electron chi connectivity index (χ0n) is 16.2. The van der Waals surface area contributed by atoms with Gasteiger partial charge < -0.3 is 13.9 Å². The molecule has 7 nitrogen and oxygen atoms in total. The number of rotatable bonds is 6. The van der Waals surface area contributed by atoms with Crippen LogP contribution in [-0.2, 0) is 6.54 Å². The summed E-state index contributed by atoms with van der Waals surface area (Å²) >= 11 is 0. The van der Waals surface area contributed by atoms with Gasteiger partial charge in [0.2, 0.25) is 0 Å². The lowest BCUT2D eigenvalue weighted by Gasteiger charge is -2.31. The van der Waals surface area contributed by atoms with Crippen molar-refractivity contribution in [2.45, 2.75) is 58.7 Å². The molecule has 1 unspecified atom stereocenters. The minimum atomic E-state index is -0.139. The van der Waals surface area contributed by atoms with Gasteiger partial charge in [-0.25, -0.2) is 0 Å². The first-order valence-electron chi connectivity index (χ1n) is 9.45. The second kappa shape index (κ2) is 8.03. The smallest absolute Gasteiger partial charge is 0.289 e. The number of carbonyl (C=O) groups is 1. The lowest BCUT2D eigenvalue weighted by molar-refractivity contribution is 0.0739. The summed E-state index contributed by atoms with van der Waals surface area (Å²) in [5, 5.41) is 8.08. The number of hydrogen-bond donors (Lipinski definition) is 0. The van der Waals surface area contributed by atoms with Crippen LogP contribution in [0, 0.1) is 0 Å². The Labute approximate surface area is 155 Å². The number of aromatic nitrogens is 3. The molecule has 1 amide bonds. The van der Waals surface area contributed by atoms with E-state index in [2.05, 4.69) is 35.9 Å². The standard InChI is InChI=1S/C19H29N5O2/c1-14(2)24-13-20-21-18(24)12-22(4)19(25)17-9-8-16(26-17)15(3)23-10-6-5-7-11-23/h8-9,13-15H,5-7,10-12H2,1-4H3. The fraction of sp³-hybridized carbons (Fsp3) is 0.632. The van der Waals surface area contributed by atoms with Gasteiger partial charge in [-0.2, -0.15) is 0 Å². The Morgan fingerprint density at radius 3 is 2.65 bits per heavy atom. The average Bonchev–Trinajstić information content (AvgIpc) is 3.30. The maximum atomic E-state index is 12.7. The van der Waals surface area contributed by atoms with Crippen LogP contribution in [0.3, 0.4) is 0 Å². The maximum Gasteiger partial charge on any atom is 0.289 e. The fourth-order valence-corrected chi connectivity index (χ4v) is 3.46. The highest BCUT2D eigenvalue weighted by Crippen LogP contribution is 2.26. The SMILES string of the molecule is CC(c1ccc(C(=O)N(C)Cc2nncn2C(C)C)o1)N1CCCCC1. The van der Waals surface area contributed by atoms with E-state index in [9.17, 15) is 4.79 Å². The highest BCUT2D eigenvalue weighted by molar-refractivity contribution is 5.91. The Bertz CT molecular complexity index is 730. The van der Waals surface area contributed by atoms with Gasteiger partial charge in [-0.3, -0.25) is 9.69 Å². The molecule has 0 aliphatic carbocycles. The molecule has 1 aliphatic heterocycles. The number of piperidine rings is 1. The lowest BCUT2D eigenvalue weighted by Crippen LogP contribution is -2.32. The number of likely N-dealkylation sites (tertiary alicyclic amines) is 1. The molecule has 1 saturated heterocycles. The molecule has 0 bridgehead atoms. The third-order valence-corrected chi connectivity index (χ3v) is 5.12. The molecule has 0 saturated carbocycles. The quantitative estimate of drug-likeness (QED) is 0.792. The van der Waals surface area contributed by atoms with Gasteiger partial charge in [0.1, 0.15) is 12.1 Å². The largest absolute Gasteiger partial charge is 0.454 e. The molecule has 0 radical (unpaired) electrons. The summed E-state index contributed by atoms with van der Waals surface area (Å²) in [5.74, 6) is 1.86. The molecule has 26 heavy (non-hydrogen) atoms. The molecular weight excluding hydrogens is 330 g/mol. The van der Waals surface area contributed by atoms with Crippen LogP contribution in [0.5, 0.6) is 0 Å². The van der Waals surface area contributed by atoms with E-state index in [1.807, 2.05) is 10.6 Å². The predicted molar refractivity (Wildman–Crippen MR) is 98.8 cm³/mol. The Balaban J connectivity index is 1.66.